The highest BCUT2D eigenvalue weighted by atomic mass is 16.6. The quantitative estimate of drug-likeness (QED) is 0.613. The Morgan fingerprint density at radius 2 is 2.32 bits per heavy atom. The normalized spacial score (nSPS) is 10.4. The fourth-order valence-electron chi connectivity index (χ4n) is 1.67. The van der Waals surface area contributed by atoms with Gasteiger partial charge in [-0.3, -0.25) is 14.8 Å². The number of nitrogen functional groups attached to an aromatic ring is 1. The molecule has 0 bridgehead atoms. The van der Waals surface area contributed by atoms with E-state index in [4.69, 9.17) is 5.73 Å². The van der Waals surface area contributed by atoms with E-state index >= 15 is 0 Å². The smallest absolute Gasteiger partial charge is 0.276 e. The van der Waals surface area contributed by atoms with Gasteiger partial charge in [-0.05, 0) is 12.0 Å². The number of nitro groups is 1. The Balaban J connectivity index is 1.97. The van der Waals surface area contributed by atoms with E-state index in [2.05, 4.69) is 15.4 Å². The van der Waals surface area contributed by atoms with Gasteiger partial charge in [-0.25, -0.2) is 4.98 Å². The molecule has 0 saturated carbocycles. The molecule has 2 heterocycles. The van der Waals surface area contributed by atoms with E-state index in [1.54, 1.807) is 10.9 Å². The van der Waals surface area contributed by atoms with Crippen LogP contribution in [0.2, 0.25) is 0 Å². The molecule has 0 aliphatic heterocycles. The Bertz CT molecular complexity index is 595. The summed E-state index contributed by atoms with van der Waals surface area (Å²) in [5.41, 5.74) is 6.52. The van der Waals surface area contributed by atoms with E-state index in [0.717, 1.165) is 12.0 Å². The maximum absolute atomic E-state index is 10.7. The third-order valence-corrected chi connectivity index (χ3v) is 2.52. The summed E-state index contributed by atoms with van der Waals surface area (Å²) in [6.45, 7) is 0.597. The van der Waals surface area contributed by atoms with Crippen molar-refractivity contribution in [3.63, 3.8) is 0 Å². The lowest BCUT2D eigenvalue weighted by Crippen LogP contribution is -2.07. The van der Waals surface area contributed by atoms with Crippen molar-refractivity contribution in [1.82, 2.24) is 14.8 Å². The van der Waals surface area contributed by atoms with Gasteiger partial charge in [0, 0.05) is 19.8 Å². The van der Waals surface area contributed by atoms with Crippen molar-refractivity contribution in [2.24, 2.45) is 7.05 Å². The molecule has 0 aliphatic rings. The first-order valence-electron chi connectivity index (χ1n) is 5.68. The van der Waals surface area contributed by atoms with Crippen molar-refractivity contribution in [2.75, 3.05) is 17.6 Å². The van der Waals surface area contributed by atoms with Crippen LogP contribution in [0.25, 0.3) is 0 Å². The Hall–Kier alpha value is -2.64. The molecule has 100 valence electrons. The predicted molar refractivity (Wildman–Crippen MR) is 70.7 cm³/mol. The maximum Gasteiger partial charge on any atom is 0.276 e. The minimum Gasteiger partial charge on any atom is -0.383 e. The number of nitrogens with zero attached hydrogens (tertiary/aromatic N) is 4. The molecule has 8 nitrogen and oxygen atoms in total. The highest BCUT2D eigenvalue weighted by molar-refractivity contribution is 5.52. The number of hydrogen-bond acceptors (Lipinski definition) is 6. The minimum atomic E-state index is -0.496. The second-order valence-electron chi connectivity index (χ2n) is 4.09. The second-order valence-corrected chi connectivity index (χ2v) is 4.09. The number of nitrogens with two attached hydrogens (primary N) is 1. The molecule has 2 rings (SSSR count). The van der Waals surface area contributed by atoms with Crippen LogP contribution in [0.4, 0.5) is 17.3 Å². The Morgan fingerprint density at radius 1 is 1.53 bits per heavy atom. The van der Waals surface area contributed by atoms with Gasteiger partial charge >= 0.3 is 0 Å². The molecule has 0 spiro atoms. The van der Waals surface area contributed by atoms with Gasteiger partial charge in [0.25, 0.3) is 5.69 Å². The topological polar surface area (TPSA) is 112 Å². The van der Waals surface area contributed by atoms with Gasteiger partial charge in [0.15, 0.2) is 0 Å². The lowest BCUT2D eigenvalue weighted by atomic mass is 10.2. The molecular weight excluding hydrogens is 248 g/mol. The SMILES string of the molecule is Cn1cc(CCNc2cc([N+](=O)[O-])cc(N)n2)cn1. The summed E-state index contributed by atoms with van der Waals surface area (Å²) in [5, 5.41) is 17.8. The van der Waals surface area contributed by atoms with Crippen molar-refractivity contribution in [2.45, 2.75) is 6.42 Å². The van der Waals surface area contributed by atoms with Crippen LogP contribution >= 0.6 is 0 Å². The summed E-state index contributed by atoms with van der Waals surface area (Å²) >= 11 is 0. The lowest BCUT2D eigenvalue weighted by Gasteiger charge is -2.05. The maximum atomic E-state index is 10.7. The molecule has 0 saturated heterocycles. The number of rotatable bonds is 5. The molecule has 3 N–H and O–H groups in total. The average Bonchev–Trinajstić information content (AvgIpc) is 2.74. The van der Waals surface area contributed by atoms with Gasteiger partial charge in [0.2, 0.25) is 0 Å². The van der Waals surface area contributed by atoms with Crippen molar-refractivity contribution < 1.29 is 4.92 Å². The number of nitrogens with one attached hydrogen (secondary N) is 1. The van der Waals surface area contributed by atoms with Crippen LogP contribution in [-0.2, 0) is 13.5 Å². The number of aromatic nitrogens is 3. The first kappa shape index (κ1) is 12.8. The summed E-state index contributed by atoms with van der Waals surface area (Å²) < 4.78 is 1.72. The number of anilines is 2. The van der Waals surface area contributed by atoms with E-state index in [1.165, 1.54) is 12.1 Å². The van der Waals surface area contributed by atoms with Crippen molar-refractivity contribution in [3.05, 3.63) is 40.2 Å². The lowest BCUT2D eigenvalue weighted by molar-refractivity contribution is -0.384. The fraction of sp³-hybridized carbons (Fsp3) is 0.273. The molecule has 0 aromatic carbocycles. The van der Waals surface area contributed by atoms with Crippen LogP contribution in [0.3, 0.4) is 0 Å². The monoisotopic (exact) mass is 262 g/mol. The molecule has 2 aromatic rings. The highest BCUT2D eigenvalue weighted by Gasteiger charge is 2.09. The van der Waals surface area contributed by atoms with Crippen LogP contribution in [0.5, 0.6) is 0 Å². The summed E-state index contributed by atoms with van der Waals surface area (Å²) in [6, 6.07) is 2.59. The zero-order valence-corrected chi connectivity index (χ0v) is 10.4. The summed E-state index contributed by atoms with van der Waals surface area (Å²) in [6.07, 6.45) is 4.44. The molecular formula is C11H14N6O2. The first-order chi connectivity index (χ1) is 9.04. The van der Waals surface area contributed by atoms with E-state index < -0.39 is 4.92 Å². The van der Waals surface area contributed by atoms with Crippen LogP contribution in [-0.4, -0.2) is 26.2 Å². The number of hydrogen-bond donors (Lipinski definition) is 2. The molecule has 0 radical (unpaired) electrons. The van der Waals surface area contributed by atoms with Crippen molar-refractivity contribution in [3.8, 4) is 0 Å². The molecule has 0 amide bonds. The Kier molecular flexibility index (Phi) is 3.60. The van der Waals surface area contributed by atoms with Crippen molar-refractivity contribution >= 4 is 17.3 Å². The van der Waals surface area contributed by atoms with Gasteiger partial charge in [-0.2, -0.15) is 5.10 Å². The third kappa shape index (κ3) is 3.41. The van der Waals surface area contributed by atoms with Crippen LogP contribution < -0.4 is 11.1 Å². The molecule has 8 heteroatoms. The molecule has 0 fully saturated rings. The van der Waals surface area contributed by atoms with Crippen LogP contribution in [0, 0.1) is 10.1 Å². The van der Waals surface area contributed by atoms with Gasteiger partial charge in [-0.1, -0.05) is 0 Å². The van der Waals surface area contributed by atoms with E-state index in [0.29, 0.717) is 12.4 Å². The Labute approximate surface area is 109 Å². The highest BCUT2D eigenvalue weighted by Crippen LogP contribution is 2.18. The average molecular weight is 262 g/mol. The van der Waals surface area contributed by atoms with Gasteiger partial charge < -0.3 is 11.1 Å². The van der Waals surface area contributed by atoms with Gasteiger partial charge in [-0.15, -0.1) is 0 Å². The van der Waals surface area contributed by atoms with E-state index in [-0.39, 0.29) is 11.5 Å². The van der Waals surface area contributed by atoms with Crippen LogP contribution in [0.15, 0.2) is 24.5 Å². The summed E-state index contributed by atoms with van der Waals surface area (Å²) in [5.74, 6) is 0.522. The summed E-state index contributed by atoms with van der Waals surface area (Å²) in [4.78, 5) is 14.2. The van der Waals surface area contributed by atoms with E-state index in [1.807, 2.05) is 13.2 Å². The van der Waals surface area contributed by atoms with Gasteiger partial charge in [0.1, 0.15) is 11.6 Å². The molecule has 19 heavy (non-hydrogen) atoms. The standard InChI is InChI=1S/C11H14N6O2/c1-16-7-8(6-14-16)2-3-13-11-5-9(17(18)19)4-10(12)15-11/h4-7H,2-3H2,1H3,(H3,12,13,15). The molecule has 0 atom stereocenters. The van der Waals surface area contributed by atoms with Crippen LogP contribution in [0.1, 0.15) is 5.56 Å². The summed E-state index contributed by atoms with van der Waals surface area (Å²) in [7, 11) is 1.85. The minimum absolute atomic E-state index is 0.0728. The molecule has 2 aromatic heterocycles. The fourth-order valence-corrected chi connectivity index (χ4v) is 1.67. The van der Waals surface area contributed by atoms with Gasteiger partial charge in [0.05, 0.1) is 23.3 Å². The number of pyridine rings is 1. The largest absolute Gasteiger partial charge is 0.383 e. The Morgan fingerprint density at radius 3 is 2.95 bits per heavy atom. The zero-order valence-electron chi connectivity index (χ0n) is 10.4. The van der Waals surface area contributed by atoms with Crippen molar-refractivity contribution in [1.29, 1.82) is 0 Å². The zero-order chi connectivity index (χ0) is 13.8. The predicted octanol–water partition coefficient (Wildman–Crippen LogP) is 0.960. The second kappa shape index (κ2) is 5.34. The first-order valence-corrected chi connectivity index (χ1v) is 5.68. The third-order valence-electron chi connectivity index (χ3n) is 2.52. The molecule has 0 unspecified atom stereocenters. The molecule has 0 aliphatic carbocycles. The number of aryl methyl sites for hydroxylation is 1. The van der Waals surface area contributed by atoms with E-state index in [9.17, 15) is 10.1 Å².